The number of fused-ring (bicyclic) bond motifs is 1. The number of nitrogens with zero attached hydrogens (tertiary/aromatic N) is 3. The minimum atomic E-state index is -3.74. The van der Waals surface area contributed by atoms with Crippen molar-refractivity contribution in [3.05, 3.63) is 52.9 Å². The smallest absolute Gasteiger partial charge is 0.273 e. The minimum absolute atomic E-state index is 0.220. The summed E-state index contributed by atoms with van der Waals surface area (Å²) in [7, 11) is -3.74. The lowest BCUT2D eigenvalue weighted by Gasteiger charge is -2.31. The van der Waals surface area contributed by atoms with Crippen molar-refractivity contribution >= 4 is 49.3 Å². The van der Waals surface area contributed by atoms with Gasteiger partial charge in [-0.3, -0.25) is 9.21 Å². The number of thiophene rings is 1. The van der Waals surface area contributed by atoms with Crippen LogP contribution in [0.4, 0.5) is 5.69 Å². The van der Waals surface area contributed by atoms with E-state index < -0.39 is 10.0 Å². The first kappa shape index (κ1) is 27.3. The molecule has 2 N–H and O–H groups in total. The minimum Gasteiger partial charge on any atom is -0.396 e. The highest BCUT2D eigenvalue weighted by Crippen LogP contribution is 2.35. The lowest BCUT2D eigenvalue weighted by molar-refractivity contribution is 0.154. The Labute approximate surface area is 231 Å². The molecule has 3 aromatic heterocycles. The van der Waals surface area contributed by atoms with E-state index in [1.54, 1.807) is 28.8 Å². The number of benzene rings is 1. The van der Waals surface area contributed by atoms with Gasteiger partial charge >= 0.3 is 0 Å². The summed E-state index contributed by atoms with van der Waals surface area (Å²) in [6.07, 6.45) is 5.11. The molecule has 0 atom stereocenters. The second-order valence-electron chi connectivity index (χ2n) is 9.49. The van der Waals surface area contributed by atoms with Crippen molar-refractivity contribution < 1.29 is 18.3 Å². The molecular weight excluding hydrogens is 541 g/mol. The molecule has 1 saturated heterocycles. The van der Waals surface area contributed by atoms with Gasteiger partial charge in [0.1, 0.15) is 9.22 Å². The van der Waals surface area contributed by atoms with Crippen LogP contribution in [0.5, 0.6) is 0 Å². The topological polar surface area (TPSA) is 98.8 Å². The Kier molecular flexibility index (Phi) is 8.81. The van der Waals surface area contributed by atoms with Crippen molar-refractivity contribution in [2.45, 2.75) is 36.9 Å². The molecule has 1 aromatic carbocycles. The van der Waals surface area contributed by atoms with Gasteiger partial charge < -0.3 is 14.8 Å². The Hall–Kier alpha value is -2.28. The second-order valence-corrected chi connectivity index (χ2v) is 13.6. The Bertz CT molecular complexity index is 1420. The number of aliphatic hydroxyl groups is 1. The number of nitrogens with one attached hydrogen (secondary N) is 1. The number of aliphatic hydroxyl groups excluding tert-OH is 1. The number of thiazole rings is 1. The van der Waals surface area contributed by atoms with Crippen molar-refractivity contribution in [1.82, 2.24) is 14.9 Å². The molecule has 4 aromatic rings. The molecule has 0 unspecified atom stereocenters. The van der Waals surface area contributed by atoms with Gasteiger partial charge in [-0.2, -0.15) is 0 Å². The molecule has 1 fully saturated rings. The van der Waals surface area contributed by atoms with E-state index in [9.17, 15) is 13.5 Å². The summed E-state index contributed by atoms with van der Waals surface area (Å²) in [5.74, 6) is 0.630. The highest BCUT2D eigenvalue weighted by Gasteiger charge is 2.28. The summed E-state index contributed by atoms with van der Waals surface area (Å²) in [4.78, 5) is 11.8. The van der Waals surface area contributed by atoms with Gasteiger partial charge in [0.2, 0.25) is 0 Å². The standard InChI is InChI=1S/C27H34N4O4S3/c1-2-35-15-13-31(38(33,34)25-7-4-16-36-25)24-6-3-5-21-17-23(29-26(21)24)27-28-18-22(37-27)19-30-11-8-20(9-12-30)10-14-32/h3-7,16-18,20,29,32H,2,8-15,19H2,1H3. The average Bonchev–Trinajstić information content (AvgIpc) is 3.69. The van der Waals surface area contributed by atoms with Gasteiger partial charge in [0.25, 0.3) is 10.0 Å². The molecule has 1 aliphatic heterocycles. The van der Waals surface area contributed by atoms with E-state index in [2.05, 4.69) is 9.88 Å². The van der Waals surface area contributed by atoms with Gasteiger partial charge in [0.15, 0.2) is 0 Å². The fourth-order valence-corrected chi connectivity index (χ4v) is 8.48. The van der Waals surface area contributed by atoms with Crippen LogP contribution < -0.4 is 4.31 Å². The summed E-state index contributed by atoms with van der Waals surface area (Å²) >= 11 is 2.88. The zero-order valence-corrected chi connectivity index (χ0v) is 24.0. The fraction of sp³-hybridized carbons (Fsp3) is 0.444. The van der Waals surface area contributed by atoms with E-state index in [0.717, 1.165) is 60.5 Å². The highest BCUT2D eigenvalue weighted by molar-refractivity contribution is 7.94. The van der Waals surface area contributed by atoms with Crippen LogP contribution >= 0.6 is 22.7 Å². The number of likely N-dealkylation sites (tertiary alicyclic amines) is 1. The van der Waals surface area contributed by atoms with Gasteiger partial charge in [0.05, 0.1) is 30.0 Å². The lowest BCUT2D eigenvalue weighted by atomic mass is 9.94. The summed E-state index contributed by atoms with van der Waals surface area (Å²) in [6.45, 7) is 6.19. The number of aromatic amines is 1. The molecule has 0 amide bonds. The van der Waals surface area contributed by atoms with Crippen LogP contribution in [0, 0.1) is 5.92 Å². The van der Waals surface area contributed by atoms with E-state index in [4.69, 9.17) is 9.72 Å². The molecule has 0 radical (unpaired) electrons. The fourth-order valence-electron chi connectivity index (χ4n) is 4.99. The number of aromatic nitrogens is 2. The first-order chi connectivity index (χ1) is 18.5. The quantitative estimate of drug-likeness (QED) is 0.226. The molecule has 4 heterocycles. The molecule has 0 bridgehead atoms. The van der Waals surface area contributed by atoms with Crippen LogP contribution in [-0.2, 0) is 21.3 Å². The molecule has 11 heteroatoms. The molecule has 204 valence electrons. The zero-order chi connectivity index (χ0) is 26.5. The van der Waals surface area contributed by atoms with Crippen molar-refractivity contribution in [2.24, 2.45) is 5.92 Å². The van der Waals surface area contributed by atoms with Gasteiger partial charge in [-0.1, -0.05) is 18.2 Å². The average molecular weight is 575 g/mol. The van der Waals surface area contributed by atoms with Gasteiger partial charge in [-0.05, 0) is 68.8 Å². The van der Waals surface area contributed by atoms with Crippen LogP contribution in [0.3, 0.4) is 0 Å². The lowest BCUT2D eigenvalue weighted by Crippen LogP contribution is -2.34. The maximum Gasteiger partial charge on any atom is 0.273 e. The summed E-state index contributed by atoms with van der Waals surface area (Å²) in [5, 5.41) is 12.8. The number of sulfonamides is 1. The Morgan fingerprint density at radius 1 is 1.24 bits per heavy atom. The van der Waals surface area contributed by atoms with Gasteiger partial charge in [0, 0.05) is 36.2 Å². The van der Waals surface area contributed by atoms with E-state index in [1.165, 1.54) is 20.5 Å². The predicted molar refractivity (Wildman–Crippen MR) is 154 cm³/mol. The molecule has 8 nitrogen and oxygen atoms in total. The summed E-state index contributed by atoms with van der Waals surface area (Å²) in [6, 6.07) is 11.2. The molecule has 0 spiro atoms. The number of ether oxygens (including phenoxy) is 1. The number of piperidine rings is 1. The maximum atomic E-state index is 13.6. The predicted octanol–water partition coefficient (Wildman–Crippen LogP) is 5.18. The molecule has 5 rings (SSSR count). The van der Waals surface area contributed by atoms with Gasteiger partial charge in [-0.15, -0.1) is 22.7 Å². The summed E-state index contributed by atoms with van der Waals surface area (Å²) in [5.41, 5.74) is 2.25. The Morgan fingerprint density at radius 2 is 2.08 bits per heavy atom. The van der Waals surface area contributed by atoms with Crippen LogP contribution in [0.25, 0.3) is 21.6 Å². The molecule has 0 aliphatic carbocycles. The van der Waals surface area contributed by atoms with Crippen LogP contribution in [-0.4, -0.2) is 67.8 Å². The number of hydrogen-bond acceptors (Lipinski definition) is 8. The van der Waals surface area contributed by atoms with Crippen molar-refractivity contribution in [1.29, 1.82) is 0 Å². The number of rotatable bonds is 12. The molecule has 0 saturated carbocycles. The van der Waals surface area contributed by atoms with Gasteiger partial charge in [-0.25, -0.2) is 13.4 Å². The number of anilines is 1. The maximum absolute atomic E-state index is 13.6. The van der Waals surface area contributed by atoms with Crippen LogP contribution in [0.1, 0.15) is 31.1 Å². The summed E-state index contributed by atoms with van der Waals surface area (Å²) < 4.78 is 34.5. The number of H-pyrrole nitrogens is 1. The molecule has 38 heavy (non-hydrogen) atoms. The molecular formula is C27H34N4O4S3. The zero-order valence-electron chi connectivity index (χ0n) is 21.5. The van der Waals surface area contributed by atoms with E-state index in [0.29, 0.717) is 29.0 Å². The van der Waals surface area contributed by atoms with Crippen molar-refractivity contribution in [3.63, 3.8) is 0 Å². The third kappa shape index (κ3) is 5.98. The normalized spacial score (nSPS) is 15.4. The Morgan fingerprint density at radius 3 is 2.82 bits per heavy atom. The SMILES string of the molecule is CCOCCN(c1cccc2cc(-c3ncc(CN4CCC(CCO)CC4)s3)[nH]c12)S(=O)(=O)c1cccs1. The van der Waals surface area contributed by atoms with E-state index >= 15 is 0 Å². The Balaban J connectivity index is 1.39. The first-order valence-electron chi connectivity index (χ1n) is 13.0. The van der Waals surface area contributed by atoms with Crippen LogP contribution in [0.15, 0.2) is 52.2 Å². The third-order valence-corrected chi connectivity index (χ3v) is 11.2. The largest absolute Gasteiger partial charge is 0.396 e. The number of para-hydroxylation sites is 1. The number of hydrogen-bond donors (Lipinski definition) is 2. The van der Waals surface area contributed by atoms with Crippen LogP contribution in [0.2, 0.25) is 0 Å². The van der Waals surface area contributed by atoms with E-state index in [-0.39, 0.29) is 13.2 Å². The van der Waals surface area contributed by atoms with Crippen molar-refractivity contribution in [2.75, 3.05) is 43.8 Å². The first-order valence-corrected chi connectivity index (χ1v) is 16.2. The van der Waals surface area contributed by atoms with Crippen molar-refractivity contribution in [3.8, 4) is 10.7 Å². The monoisotopic (exact) mass is 574 g/mol. The van der Waals surface area contributed by atoms with E-state index in [1.807, 2.05) is 37.4 Å². The second kappa shape index (κ2) is 12.3. The molecule has 1 aliphatic rings. The third-order valence-electron chi connectivity index (χ3n) is 6.99. The highest BCUT2D eigenvalue weighted by atomic mass is 32.2.